The quantitative estimate of drug-likeness (QED) is 0.867. The van der Waals surface area contributed by atoms with E-state index in [1.165, 1.54) is 5.56 Å². The molecule has 0 spiro atoms. The van der Waals surface area contributed by atoms with Crippen LogP contribution < -0.4 is 5.73 Å². The molecule has 1 saturated carbocycles. The number of aryl methyl sites for hydroxylation is 1. The van der Waals surface area contributed by atoms with Gasteiger partial charge in [0, 0.05) is 5.54 Å². The molecule has 1 unspecified atom stereocenters. The highest BCUT2D eigenvalue weighted by atomic mass is 15.1. The highest BCUT2D eigenvalue weighted by Gasteiger charge is 2.47. The first-order valence-corrected chi connectivity index (χ1v) is 6.41. The van der Waals surface area contributed by atoms with Crippen LogP contribution in [0.2, 0.25) is 0 Å². The number of likely N-dealkylation sites (N-methyl/N-ethyl adjacent to an activating group) is 1. The highest BCUT2D eigenvalue weighted by Crippen LogP contribution is 2.46. The first-order chi connectivity index (χ1) is 8.49. The standard InChI is InChI=1S/C14H20N4/c1-9-16-11-5-4-10(8-12(11)17-9)13(18(2)3)14(15)6-7-14/h4-5,8,13H,6-7,15H2,1-3H3,(H,16,17). The van der Waals surface area contributed by atoms with Gasteiger partial charge in [0.25, 0.3) is 0 Å². The van der Waals surface area contributed by atoms with Crippen molar-refractivity contribution in [1.82, 2.24) is 14.9 Å². The van der Waals surface area contributed by atoms with Gasteiger partial charge in [-0.2, -0.15) is 0 Å². The van der Waals surface area contributed by atoms with E-state index in [-0.39, 0.29) is 11.6 Å². The molecule has 1 fully saturated rings. The highest BCUT2D eigenvalue weighted by molar-refractivity contribution is 5.76. The number of fused-ring (bicyclic) bond motifs is 1. The van der Waals surface area contributed by atoms with Crippen LogP contribution in [0.3, 0.4) is 0 Å². The molecule has 0 aliphatic heterocycles. The van der Waals surface area contributed by atoms with Gasteiger partial charge in [-0.25, -0.2) is 4.98 Å². The van der Waals surface area contributed by atoms with Crippen molar-refractivity contribution in [3.8, 4) is 0 Å². The maximum Gasteiger partial charge on any atom is 0.104 e. The Hall–Kier alpha value is -1.39. The summed E-state index contributed by atoms with van der Waals surface area (Å²) >= 11 is 0. The molecule has 2 aromatic rings. The molecular weight excluding hydrogens is 224 g/mol. The van der Waals surface area contributed by atoms with Gasteiger partial charge in [0.15, 0.2) is 0 Å². The first kappa shape index (κ1) is 11.7. The number of aromatic nitrogens is 2. The number of imidazole rings is 1. The van der Waals surface area contributed by atoms with Crippen LogP contribution in [0.4, 0.5) is 0 Å². The fraction of sp³-hybridized carbons (Fsp3) is 0.500. The minimum absolute atomic E-state index is 0.0494. The van der Waals surface area contributed by atoms with Crippen LogP contribution in [0.15, 0.2) is 18.2 Å². The summed E-state index contributed by atoms with van der Waals surface area (Å²) in [5, 5.41) is 0. The SMILES string of the molecule is Cc1nc2ccc(C(N(C)C)C3(N)CC3)cc2[nH]1. The molecule has 0 radical (unpaired) electrons. The summed E-state index contributed by atoms with van der Waals surface area (Å²) in [4.78, 5) is 9.95. The van der Waals surface area contributed by atoms with Gasteiger partial charge in [0.05, 0.1) is 17.1 Å². The Morgan fingerprint density at radius 1 is 1.39 bits per heavy atom. The largest absolute Gasteiger partial charge is 0.342 e. The van der Waals surface area contributed by atoms with Crippen molar-refractivity contribution in [2.75, 3.05) is 14.1 Å². The van der Waals surface area contributed by atoms with Crippen molar-refractivity contribution in [1.29, 1.82) is 0 Å². The van der Waals surface area contributed by atoms with Crippen molar-refractivity contribution in [3.63, 3.8) is 0 Å². The van der Waals surface area contributed by atoms with Crippen molar-refractivity contribution in [2.24, 2.45) is 5.73 Å². The summed E-state index contributed by atoms with van der Waals surface area (Å²) in [5.74, 6) is 0.956. The Labute approximate surface area is 107 Å². The molecule has 0 bridgehead atoms. The molecule has 0 amide bonds. The summed E-state index contributed by atoms with van der Waals surface area (Å²) in [6.07, 6.45) is 2.21. The lowest BCUT2D eigenvalue weighted by Gasteiger charge is -2.30. The maximum absolute atomic E-state index is 6.41. The number of nitrogens with zero attached hydrogens (tertiary/aromatic N) is 2. The number of H-pyrrole nitrogens is 1. The predicted octanol–water partition coefficient (Wildman–Crippen LogP) is 1.97. The van der Waals surface area contributed by atoms with E-state index in [0.29, 0.717) is 0 Å². The van der Waals surface area contributed by atoms with Crippen LogP contribution in [0, 0.1) is 6.92 Å². The molecule has 1 atom stereocenters. The van der Waals surface area contributed by atoms with Gasteiger partial charge in [-0.15, -0.1) is 0 Å². The second-order valence-electron chi connectivity index (χ2n) is 5.70. The monoisotopic (exact) mass is 244 g/mol. The summed E-state index contributed by atoms with van der Waals surface area (Å²) in [6, 6.07) is 6.70. The Balaban J connectivity index is 2.06. The van der Waals surface area contributed by atoms with Gasteiger partial charge in [0.1, 0.15) is 5.82 Å². The second-order valence-corrected chi connectivity index (χ2v) is 5.70. The zero-order valence-electron chi connectivity index (χ0n) is 11.2. The Bertz CT molecular complexity index is 580. The van der Waals surface area contributed by atoms with Crippen LogP contribution in [-0.4, -0.2) is 34.5 Å². The normalized spacial score (nSPS) is 19.4. The lowest BCUT2D eigenvalue weighted by molar-refractivity contribution is 0.246. The van der Waals surface area contributed by atoms with Crippen LogP contribution >= 0.6 is 0 Å². The third-order valence-corrected chi connectivity index (χ3v) is 3.83. The number of benzene rings is 1. The molecular formula is C14H20N4. The number of rotatable bonds is 3. The van der Waals surface area contributed by atoms with E-state index in [2.05, 4.69) is 47.2 Å². The second kappa shape index (κ2) is 3.80. The van der Waals surface area contributed by atoms with Crippen LogP contribution in [-0.2, 0) is 0 Å². The lowest BCUT2D eigenvalue weighted by atomic mass is 9.96. The molecule has 1 heterocycles. The molecule has 1 aromatic carbocycles. The number of hydrogen-bond donors (Lipinski definition) is 2. The summed E-state index contributed by atoms with van der Waals surface area (Å²) in [5.41, 5.74) is 9.75. The summed E-state index contributed by atoms with van der Waals surface area (Å²) in [6.45, 7) is 1.98. The van der Waals surface area contributed by atoms with E-state index in [9.17, 15) is 0 Å². The number of nitrogens with two attached hydrogens (primary N) is 1. The minimum atomic E-state index is -0.0494. The van der Waals surface area contributed by atoms with Gasteiger partial charge < -0.3 is 15.6 Å². The maximum atomic E-state index is 6.41. The van der Waals surface area contributed by atoms with E-state index in [4.69, 9.17) is 5.73 Å². The van der Waals surface area contributed by atoms with Crippen molar-refractivity contribution >= 4 is 11.0 Å². The van der Waals surface area contributed by atoms with Gasteiger partial charge in [-0.05, 0) is 51.6 Å². The minimum Gasteiger partial charge on any atom is -0.342 e. The van der Waals surface area contributed by atoms with Gasteiger partial charge in [-0.1, -0.05) is 6.07 Å². The molecule has 4 nitrogen and oxygen atoms in total. The van der Waals surface area contributed by atoms with E-state index in [0.717, 1.165) is 29.7 Å². The molecule has 18 heavy (non-hydrogen) atoms. The molecule has 1 aliphatic carbocycles. The molecule has 3 rings (SSSR count). The first-order valence-electron chi connectivity index (χ1n) is 6.41. The van der Waals surface area contributed by atoms with E-state index >= 15 is 0 Å². The topological polar surface area (TPSA) is 57.9 Å². The van der Waals surface area contributed by atoms with Gasteiger partial charge >= 0.3 is 0 Å². The summed E-state index contributed by atoms with van der Waals surface area (Å²) in [7, 11) is 4.19. The zero-order chi connectivity index (χ0) is 12.9. The zero-order valence-corrected chi connectivity index (χ0v) is 11.2. The average Bonchev–Trinajstić information content (AvgIpc) is 2.89. The van der Waals surface area contributed by atoms with Crippen molar-refractivity contribution in [3.05, 3.63) is 29.6 Å². The molecule has 0 saturated heterocycles. The molecule has 1 aromatic heterocycles. The lowest BCUT2D eigenvalue weighted by Crippen LogP contribution is -2.39. The Kier molecular flexibility index (Phi) is 2.47. The Morgan fingerprint density at radius 3 is 2.72 bits per heavy atom. The Morgan fingerprint density at radius 2 is 2.11 bits per heavy atom. The number of nitrogens with one attached hydrogen (secondary N) is 1. The van der Waals surface area contributed by atoms with E-state index in [1.807, 2.05) is 6.92 Å². The van der Waals surface area contributed by atoms with Crippen molar-refractivity contribution < 1.29 is 0 Å². The fourth-order valence-electron chi connectivity index (χ4n) is 2.89. The predicted molar refractivity (Wildman–Crippen MR) is 73.4 cm³/mol. The molecule has 96 valence electrons. The third kappa shape index (κ3) is 1.82. The fourth-order valence-corrected chi connectivity index (χ4v) is 2.89. The van der Waals surface area contributed by atoms with Gasteiger partial charge in [-0.3, -0.25) is 0 Å². The smallest absolute Gasteiger partial charge is 0.104 e. The van der Waals surface area contributed by atoms with Crippen LogP contribution in [0.1, 0.15) is 30.3 Å². The van der Waals surface area contributed by atoms with Crippen LogP contribution in [0.5, 0.6) is 0 Å². The average molecular weight is 244 g/mol. The van der Waals surface area contributed by atoms with Crippen LogP contribution in [0.25, 0.3) is 11.0 Å². The summed E-state index contributed by atoms with van der Waals surface area (Å²) < 4.78 is 0. The molecule has 4 heteroatoms. The number of hydrogen-bond acceptors (Lipinski definition) is 3. The van der Waals surface area contributed by atoms with E-state index < -0.39 is 0 Å². The van der Waals surface area contributed by atoms with Gasteiger partial charge in [0.2, 0.25) is 0 Å². The number of aromatic amines is 1. The van der Waals surface area contributed by atoms with Crippen molar-refractivity contribution in [2.45, 2.75) is 31.3 Å². The van der Waals surface area contributed by atoms with E-state index in [1.54, 1.807) is 0 Å². The molecule has 1 aliphatic rings. The third-order valence-electron chi connectivity index (χ3n) is 3.83. The molecule has 3 N–H and O–H groups in total.